The van der Waals surface area contributed by atoms with Gasteiger partial charge in [0, 0.05) is 22.9 Å². The van der Waals surface area contributed by atoms with Crippen LogP contribution in [0, 0.1) is 0 Å². The molecule has 2 aromatic rings. The summed E-state index contributed by atoms with van der Waals surface area (Å²) in [6.45, 7) is 0. The molecule has 0 unspecified atom stereocenters. The maximum atomic E-state index is 10.4. The molecule has 0 saturated carbocycles. The van der Waals surface area contributed by atoms with Gasteiger partial charge in [0.1, 0.15) is 0 Å². The SMILES string of the molecule is O=C(O)CCCc1nc(-c2cccc(Br)c2)no1. The van der Waals surface area contributed by atoms with Crippen molar-refractivity contribution >= 4 is 21.9 Å². The molecule has 1 N–H and O–H groups in total. The molecule has 2 rings (SSSR count). The van der Waals surface area contributed by atoms with Gasteiger partial charge in [-0.3, -0.25) is 4.79 Å². The second kappa shape index (κ2) is 5.77. The normalized spacial score (nSPS) is 10.5. The summed E-state index contributed by atoms with van der Waals surface area (Å²) in [6.07, 6.45) is 1.08. The van der Waals surface area contributed by atoms with Crippen molar-refractivity contribution in [2.75, 3.05) is 0 Å². The number of carbonyl (C=O) groups is 1. The fourth-order valence-corrected chi connectivity index (χ4v) is 1.89. The maximum absolute atomic E-state index is 10.4. The van der Waals surface area contributed by atoms with Gasteiger partial charge in [-0.05, 0) is 18.6 Å². The van der Waals surface area contributed by atoms with Crippen LogP contribution in [0.25, 0.3) is 11.4 Å². The summed E-state index contributed by atoms with van der Waals surface area (Å²) in [7, 11) is 0. The average molecular weight is 311 g/mol. The van der Waals surface area contributed by atoms with Crippen LogP contribution in [0.4, 0.5) is 0 Å². The second-order valence-electron chi connectivity index (χ2n) is 3.77. The van der Waals surface area contributed by atoms with Crippen LogP contribution in [-0.2, 0) is 11.2 Å². The zero-order chi connectivity index (χ0) is 13.0. The molecule has 0 aliphatic carbocycles. The van der Waals surface area contributed by atoms with Crippen LogP contribution in [0.3, 0.4) is 0 Å². The Morgan fingerprint density at radius 3 is 3.00 bits per heavy atom. The van der Waals surface area contributed by atoms with E-state index in [0.29, 0.717) is 24.6 Å². The average Bonchev–Trinajstić information content (AvgIpc) is 2.77. The van der Waals surface area contributed by atoms with Crippen LogP contribution in [0.5, 0.6) is 0 Å². The molecule has 0 fully saturated rings. The second-order valence-corrected chi connectivity index (χ2v) is 4.69. The smallest absolute Gasteiger partial charge is 0.303 e. The Morgan fingerprint density at radius 1 is 1.44 bits per heavy atom. The van der Waals surface area contributed by atoms with Crippen molar-refractivity contribution < 1.29 is 14.4 Å². The molecule has 5 nitrogen and oxygen atoms in total. The molecule has 1 heterocycles. The molecule has 0 aliphatic rings. The molecule has 0 spiro atoms. The van der Waals surface area contributed by atoms with Gasteiger partial charge in [-0.15, -0.1) is 0 Å². The Bertz CT molecular complexity index is 554. The van der Waals surface area contributed by atoms with Crippen molar-refractivity contribution in [3.05, 3.63) is 34.6 Å². The molecular formula is C12H11BrN2O3. The molecule has 1 aromatic carbocycles. The summed E-state index contributed by atoms with van der Waals surface area (Å²) >= 11 is 3.37. The topological polar surface area (TPSA) is 76.2 Å². The largest absolute Gasteiger partial charge is 0.481 e. The molecule has 0 atom stereocenters. The highest BCUT2D eigenvalue weighted by Crippen LogP contribution is 2.20. The highest BCUT2D eigenvalue weighted by atomic mass is 79.9. The Labute approximate surface area is 112 Å². The number of aromatic nitrogens is 2. The quantitative estimate of drug-likeness (QED) is 0.919. The molecule has 0 radical (unpaired) electrons. The molecule has 0 amide bonds. The van der Waals surface area contributed by atoms with Gasteiger partial charge in [-0.2, -0.15) is 4.98 Å². The van der Waals surface area contributed by atoms with E-state index in [9.17, 15) is 4.79 Å². The van der Waals surface area contributed by atoms with Gasteiger partial charge in [0.25, 0.3) is 0 Å². The lowest BCUT2D eigenvalue weighted by atomic mass is 10.2. The van der Waals surface area contributed by atoms with Gasteiger partial charge in [0.15, 0.2) is 0 Å². The van der Waals surface area contributed by atoms with Crippen molar-refractivity contribution in [1.29, 1.82) is 0 Å². The predicted octanol–water partition coefficient (Wildman–Crippen LogP) is 2.91. The van der Waals surface area contributed by atoms with Gasteiger partial charge in [-0.1, -0.05) is 33.2 Å². The van der Waals surface area contributed by atoms with Crippen LogP contribution >= 0.6 is 15.9 Å². The minimum absolute atomic E-state index is 0.106. The first-order valence-corrected chi connectivity index (χ1v) is 6.25. The third-order valence-corrected chi connectivity index (χ3v) is 2.83. The van der Waals surface area contributed by atoms with E-state index < -0.39 is 5.97 Å². The summed E-state index contributed by atoms with van der Waals surface area (Å²) in [4.78, 5) is 14.6. The van der Waals surface area contributed by atoms with E-state index in [2.05, 4.69) is 26.1 Å². The number of halogens is 1. The predicted molar refractivity (Wildman–Crippen MR) is 68.0 cm³/mol. The van der Waals surface area contributed by atoms with E-state index >= 15 is 0 Å². The van der Waals surface area contributed by atoms with Gasteiger partial charge < -0.3 is 9.63 Å². The molecular weight excluding hydrogens is 300 g/mol. The number of nitrogens with zero attached hydrogens (tertiary/aromatic N) is 2. The number of rotatable bonds is 5. The fourth-order valence-electron chi connectivity index (χ4n) is 1.49. The van der Waals surface area contributed by atoms with Crippen LogP contribution in [-0.4, -0.2) is 21.2 Å². The van der Waals surface area contributed by atoms with Crippen LogP contribution in [0.1, 0.15) is 18.7 Å². The van der Waals surface area contributed by atoms with Gasteiger partial charge in [-0.25, -0.2) is 0 Å². The molecule has 1 aromatic heterocycles. The van der Waals surface area contributed by atoms with Gasteiger partial charge in [0.05, 0.1) is 0 Å². The van der Waals surface area contributed by atoms with Crippen molar-refractivity contribution in [1.82, 2.24) is 10.1 Å². The van der Waals surface area contributed by atoms with E-state index in [1.54, 1.807) is 0 Å². The number of hydrogen-bond donors (Lipinski definition) is 1. The highest BCUT2D eigenvalue weighted by molar-refractivity contribution is 9.10. The van der Waals surface area contributed by atoms with Crippen molar-refractivity contribution in [3.8, 4) is 11.4 Å². The minimum atomic E-state index is -0.818. The van der Waals surface area contributed by atoms with Crippen molar-refractivity contribution in [2.45, 2.75) is 19.3 Å². The highest BCUT2D eigenvalue weighted by Gasteiger charge is 2.09. The number of hydrogen-bond acceptors (Lipinski definition) is 4. The van der Waals surface area contributed by atoms with E-state index in [1.165, 1.54) is 0 Å². The lowest BCUT2D eigenvalue weighted by molar-refractivity contribution is -0.137. The standard InChI is InChI=1S/C12H11BrN2O3/c13-9-4-1-3-8(7-9)12-14-10(18-15-12)5-2-6-11(16)17/h1,3-4,7H,2,5-6H2,(H,16,17). The van der Waals surface area contributed by atoms with Crippen molar-refractivity contribution in [3.63, 3.8) is 0 Å². The van der Waals surface area contributed by atoms with E-state index in [1.807, 2.05) is 24.3 Å². The summed E-state index contributed by atoms with van der Waals surface area (Å²) in [5.74, 6) is 0.162. The summed E-state index contributed by atoms with van der Waals surface area (Å²) < 4.78 is 6.01. The summed E-state index contributed by atoms with van der Waals surface area (Å²) in [5.41, 5.74) is 0.859. The summed E-state index contributed by atoms with van der Waals surface area (Å²) in [5, 5.41) is 12.4. The van der Waals surface area contributed by atoms with E-state index in [0.717, 1.165) is 10.0 Å². The number of aryl methyl sites for hydroxylation is 1. The molecule has 94 valence electrons. The van der Waals surface area contributed by atoms with Crippen LogP contribution in [0.2, 0.25) is 0 Å². The Hall–Kier alpha value is -1.69. The molecule has 18 heavy (non-hydrogen) atoms. The third-order valence-electron chi connectivity index (χ3n) is 2.33. The zero-order valence-electron chi connectivity index (χ0n) is 9.47. The molecule has 0 saturated heterocycles. The first kappa shape index (κ1) is 12.8. The van der Waals surface area contributed by atoms with Crippen LogP contribution in [0.15, 0.2) is 33.3 Å². The van der Waals surface area contributed by atoms with E-state index in [-0.39, 0.29) is 6.42 Å². The van der Waals surface area contributed by atoms with Gasteiger partial charge >= 0.3 is 5.97 Å². The Balaban J connectivity index is 2.04. The number of aliphatic carboxylic acids is 1. The zero-order valence-corrected chi connectivity index (χ0v) is 11.1. The maximum Gasteiger partial charge on any atom is 0.303 e. The number of carboxylic acids is 1. The van der Waals surface area contributed by atoms with E-state index in [4.69, 9.17) is 9.63 Å². The van der Waals surface area contributed by atoms with Crippen LogP contribution < -0.4 is 0 Å². The number of benzene rings is 1. The lowest BCUT2D eigenvalue weighted by Gasteiger charge is -1.94. The van der Waals surface area contributed by atoms with Crippen molar-refractivity contribution in [2.24, 2.45) is 0 Å². The Morgan fingerprint density at radius 2 is 2.28 bits per heavy atom. The first-order valence-electron chi connectivity index (χ1n) is 5.45. The molecule has 0 bridgehead atoms. The Kier molecular flexibility index (Phi) is 4.09. The number of carboxylic acid groups (broad SMARTS) is 1. The molecule has 6 heteroatoms. The fraction of sp³-hybridized carbons (Fsp3) is 0.250. The summed E-state index contributed by atoms with van der Waals surface area (Å²) in [6, 6.07) is 7.58. The minimum Gasteiger partial charge on any atom is -0.481 e. The van der Waals surface area contributed by atoms with Gasteiger partial charge in [0.2, 0.25) is 11.7 Å². The third kappa shape index (κ3) is 3.40. The molecule has 0 aliphatic heterocycles. The monoisotopic (exact) mass is 310 g/mol. The first-order chi connectivity index (χ1) is 8.65. The lowest BCUT2D eigenvalue weighted by Crippen LogP contribution is -1.95.